The number of nitrogens with two attached hydrogens (primary N) is 2. The Labute approximate surface area is 509 Å². The number of allylic oxidation sites excluding steroid dienone is 1. The Balaban J connectivity index is 0.000000488. The van der Waals surface area contributed by atoms with Gasteiger partial charge in [0, 0.05) is 94.7 Å². The van der Waals surface area contributed by atoms with Crippen LogP contribution in [0.2, 0.25) is 0 Å². The lowest BCUT2D eigenvalue weighted by atomic mass is 10.0. The number of ether oxygens (including phenoxy) is 2. The molecule has 8 rings (SSSR count). The molecule has 1 aliphatic carbocycles. The molecular formula is C61H89N17O9. The Morgan fingerprint density at radius 3 is 2.34 bits per heavy atom. The van der Waals surface area contributed by atoms with E-state index in [0.717, 1.165) is 79.5 Å². The summed E-state index contributed by atoms with van der Waals surface area (Å²) in [6.45, 7) is 21.8. The van der Waals surface area contributed by atoms with Crippen LogP contribution in [-0.2, 0) is 41.7 Å². The molecule has 1 atom stereocenters. The summed E-state index contributed by atoms with van der Waals surface area (Å²) in [5, 5.41) is 31.0. The third kappa shape index (κ3) is 20.8. The Bertz CT molecular complexity index is 3110. The van der Waals surface area contributed by atoms with E-state index >= 15 is 0 Å². The second kappa shape index (κ2) is 36.4. The van der Waals surface area contributed by atoms with Gasteiger partial charge in [-0.25, -0.2) is 24.9 Å². The van der Waals surface area contributed by atoms with Gasteiger partial charge in [0.15, 0.2) is 5.65 Å². The Morgan fingerprint density at radius 2 is 1.67 bits per heavy atom. The Morgan fingerprint density at radius 1 is 0.954 bits per heavy atom. The van der Waals surface area contributed by atoms with Crippen LogP contribution in [0.5, 0.6) is 0 Å². The summed E-state index contributed by atoms with van der Waals surface area (Å²) in [6, 6.07) is 8.31. The number of carboxylic acids is 1. The number of aryl methyl sites for hydroxylation is 2. The van der Waals surface area contributed by atoms with Crippen molar-refractivity contribution in [1.82, 2.24) is 54.7 Å². The minimum atomic E-state index is -0.965. The van der Waals surface area contributed by atoms with Crippen molar-refractivity contribution in [3.63, 3.8) is 0 Å². The number of carboxylic acid groups (broad SMARTS) is 1. The summed E-state index contributed by atoms with van der Waals surface area (Å²) in [5.74, 6) is 4.34. The molecule has 1 unspecified atom stereocenters. The van der Waals surface area contributed by atoms with E-state index in [1.165, 1.54) is 22.5 Å². The normalized spacial score (nSPS) is 14.4. The number of amides is 6. The molecule has 1 saturated carbocycles. The van der Waals surface area contributed by atoms with Crippen molar-refractivity contribution >= 4 is 64.6 Å². The molecule has 26 nitrogen and oxygen atoms in total. The second-order valence-electron chi connectivity index (χ2n) is 20.9. The highest BCUT2D eigenvalue weighted by molar-refractivity contribution is 6.03. The number of urea groups is 1. The quantitative estimate of drug-likeness (QED) is 0.00978. The number of hydrazine groups is 1. The molecule has 2 aliphatic heterocycles. The zero-order valence-electron chi connectivity index (χ0n) is 51.6. The van der Waals surface area contributed by atoms with Gasteiger partial charge in [-0.15, -0.1) is 5.10 Å². The SMILES string of the molecule is C=CN=C(C)/C(N)=C/N(N)CCCCOCC(=O)O.CC.CCC.CCCC(C(=O)NC=O)N1Cc2cc(N3CCN(C(=O)COCCCCn4cc(-c5ncc(NC(=O)Nc6cnc7ccnn7c6C6CCCC6)cc5C)nn4)CC3)ccc2C1=O. The third-order valence-electron chi connectivity index (χ3n) is 14.3. The summed E-state index contributed by atoms with van der Waals surface area (Å²) in [7, 11) is 0. The van der Waals surface area contributed by atoms with Crippen molar-refractivity contribution in [3.05, 3.63) is 102 Å². The number of carbonyl (C=O) groups excluding carboxylic acids is 5. The lowest BCUT2D eigenvalue weighted by Crippen LogP contribution is -2.49. The van der Waals surface area contributed by atoms with E-state index in [-0.39, 0.29) is 31.1 Å². The van der Waals surface area contributed by atoms with Crippen molar-refractivity contribution in [2.75, 3.05) is 74.7 Å². The average molecular weight is 1200 g/mol. The molecule has 0 spiro atoms. The topological polar surface area (TPSA) is 328 Å². The minimum absolute atomic E-state index is 0.0120. The number of anilines is 3. The maximum absolute atomic E-state index is 13.2. The van der Waals surface area contributed by atoms with E-state index < -0.39 is 17.9 Å². The zero-order valence-corrected chi connectivity index (χ0v) is 51.6. The predicted octanol–water partition coefficient (Wildman–Crippen LogP) is 7.43. The molecule has 0 bridgehead atoms. The van der Waals surface area contributed by atoms with Gasteiger partial charge in [0.25, 0.3) is 5.91 Å². The zero-order chi connectivity index (χ0) is 63.3. The van der Waals surface area contributed by atoms with Crippen LogP contribution in [-0.4, -0.2) is 162 Å². The van der Waals surface area contributed by atoms with Gasteiger partial charge in [0.1, 0.15) is 24.9 Å². The second-order valence-corrected chi connectivity index (χ2v) is 20.9. The van der Waals surface area contributed by atoms with Gasteiger partial charge in [0.05, 0.1) is 59.0 Å². The summed E-state index contributed by atoms with van der Waals surface area (Å²) in [4.78, 5) is 91.4. The molecular weight excluding hydrogens is 1110 g/mol. The molecule has 87 heavy (non-hydrogen) atoms. The summed E-state index contributed by atoms with van der Waals surface area (Å²) >= 11 is 0. The molecule has 3 aliphatic rings. The number of hydrogen-bond donors (Lipinski definition) is 6. The van der Waals surface area contributed by atoms with Crippen molar-refractivity contribution in [2.45, 2.75) is 144 Å². The number of nitrogens with zero attached hydrogens (tertiary/aromatic N) is 12. The van der Waals surface area contributed by atoms with Crippen molar-refractivity contribution < 1.29 is 43.3 Å². The fourth-order valence-electron chi connectivity index (χ4n) is 10.1. The highest BCUT2D eigenvalue weighted by Gasteiger charge is 2.36. The monoisotopic (exact) mass is 1200 g/mol. The third-order valence-corrected chi connectivity index (χ3v) is 14.3. The van der Waals surface area contributed by atoms with E-state index in [4.69, 9.17) is 26.2 Å². The maximum atomic E-state index is 13.2. The number of aliphatic imine (C=N–C) groups is 1. The summed E-state index contributed by atoms with van der Waals surface area (Å²) in [6.07, 6.45) is 20.1. The molecule has 2 fully saturated rings. The summed E-state index contributed by atoms with van der Waals surface area (Å²) < 4.78 is 14.2. The highest BCUT2D eigenvalue weighted by atomic mass is 16.5. The number of aliphatic carboxylic acids is 1. The van der Waals surface area contributed by atoms with Crippen LogP contribution in [0.25, 0.3) is 17.0 Å². The van der Waals surface area contributed by atoms with Gasteiger partial charge in [0.2, 0.25) is 18.2 Å². The van der Waals surface area contributed by atoms with Crippen LogP contribution < -0.4 is 32.4 Å². The number of fused-ring (bicyclic) bond motifs is 2. The van der Waals surface area contributed by atoms with Crippen molar-refractivity contribution in [2.24, 2.45) is 16.6 Å². The number of hydrogen-bond acceptors (Lipinski definition) is 18. The van der Waals surface area contributed by atoms with E-state index in [1.54, 1.807) is 42.5 Å². The van der Waals surface area contributed by atoms with Gasteiger partial charge in [-0.2, -0.15) is 5.10 Å². The lowest BCUT2D eigenvalue weighted by Gasteiger charge is -2.36. The number of unbranched alkanes of at least 4 members (excludes halogenated alkanes) is 2. The lowest BCUT2D eigenvalue weighted by molar-refractivity contribution is -0.142. The molecule has 1 saturated heterocycles. The summed E-state index contributed by atoms with van der Waals surface area (Å²) in [5.41, 5.74) is 14.3. The van der Waals surface area contributed by atoms with Crippen LogP contribution >= 0.6 is 0 Å². The number of nitrogens with one attached hydrogen (secondary N) is 3. The van der Waals surface area contributed by atoms with Crippen LogP contribution in [0.15, 0.2) is 84.8 Å². The highest BCUT2D eigenvalue weighted by Crippen LogP contribution is 2.38. The van der Waals surface area contributed by atoms with Crippen molar-refractivity contribution in [1.29, 1.82) is 0 Å². The number of rotatable bonds is 27. The van der Waals surface area contributed by atoms with Gasteiger partial charge in [-0.3, -0.25) is 39.2 Å². The molecule has 8 N–H and O–H groups in total. The molecule has 6 amide bonds. The minimum Gasteiger partial charge on any atom is -0.480 e. The number of imide groups is 1. The van der Waals surface area contributed by atoms with Gasteiger partial charge >= 0.3 is 12.0 Å². The van der Waals surface area contributed by atoms with Gasteiger partial charge in [-0.05, 0) is 94.2 Å². The molecule has 6 heterocycles. The van der Waals surface area contributed by atoms with Crippen LogP contribution in [0.4, 0.5) is 21.9 Å². The Kier molecular flexibility index (Phi) is 28.9. The first kappa shape index (κ1) is 69.2. The Hall–Kier alpha value is -8.62. The van der Waals surface area contributed by atoms with E-state index in [1.807, 2.05) is 67.6 Å². The molecule has 4 aromatic heterocycles. The first-order valence-electron chi connectivity index (χ1n) is 30.1. The van der Waals surface area contributed by atoms with Gasteiger partial charge < -0.3 is 50.7 Å². The van der Waals surface area contributed by atoms with Crippen LogP contribution in [0, 0.1) is 6.92 Å². The molecule has 26 heteroatoms. The molecule has 5 aromatic rings. The number of benzene rings is 1. The number of aromatic nitrogens is 7. The predicted molar refractivity (Wildman–Crippen MR) is 334 cm³/mol. The maximum Gasteiger partial charge on any atom is 0.329 e. The van der Waals surface area contributed by atoms with Gasteiger partial charge in [-0.1, -0.05) is 72.1 Å². The fourth-order valence-corrected chi connectivity index (χ4v) is 10.1. The molecule has 1 aromatic carbocycles. The number of carbonyl (C=O) groups is 6. The first-order chi connectivity index (χ1) is 42.1. The van der Waals surface area contributed by atoms with E-state index in [2.05, 4.69) is 71.6 Å². The molecule has 0 radical (unpaired) electrons. The average Bonchev–Trinajstić information content (AvgIpc) is 3.23. The molecule has 472 valence electrons. The van der Waals surface area contributed by atoms with E-state index in [0.29, 0.717) is 124 Å². The van der Waals surface area contributed by atoms with Crippen LogP contribution in [0.3, 0.4) is 0 Å². The fraction of sp³-hybridized carbons (Fsp3) is 0.508. The van der Waals surface area contributed by atoms with E-state index in [9.17, 15) is 28.8 Å². The number of pyridine rings is 1. The first-order valence-corrected chi connectivity index (χ1v) is 30.1. The number of piperazine rings is 1. The van der Waals surface area contributed by atoms with Crippen LogP contribution in [0.1, 0.15) is 145 Å². The standard InChI is InChI=1S/C44H53N13O6.C12H22N4O3.C3H8.C2H6/c1-3-8-37(42(60)47-28-58)56-25-31-22-33(11-12-34(31)43(56)61)53-16-18-54(19-17-53)39(59)27-63-20-7-6-15-55-26-36(51-52-55)40-29(2)21-32(23-46-40)49-44(62)50-35-24-45-38-13-14-48-57(38)41(35)30-9-4-5-10-30;1-3-15-10(2)11(13)8-16(14)6-4-5-7-19-9-12(17)18;1-3-2;1-2/h11-14,21-24,26,28,30,37H,3-10,15-20,25,27H2,1-2H3,(H,47,58,60)(H2,49,50,62);3,8H,1,4-7,9,13-14H2,2H3,(H,17,18);3H2,1-2H3;1-2H3/b;11-8-,15-10?;;. The smallest absolute Gasteiger partial charge is 0.329 e. The largest absolute Gasteiger partial charge is 0.480 e. The van der Waals surface area contributed by atoms with Crippen molar-refractivity contribution in [3.8, 4) is 11.4 Å².